The van der Waals surface area contributed by atoms with Crippen molar-refractivity contribution < 1.29 is 4.79 Å². The average Bonchev–Trinajstić information content (AvgIpc) is 2.39. The predicted octanol–water partition coefficient (Wildman–Crippen LogP) is 0.293. The molecule has 2 aliphatic heterocycles. The second-order valence-corrected chi connectivity index (χ2v) is 4.85. The first-order chi connectivity index (χ1) is 7.79. The normalized spacial score (nSPS) is 25.4. The van der Waals surface area contributed by atoms with Crippen LogP contribution >= 0.6 is 0 Å². The second kappa shape index (κ2) is 5.64. The van der Waals surface area contributed by atoms with Crippen molar-refractivity contribution in [2.24, 2.45) is 0 Å². The van der Waals surface area contributed by atoms with E-state index in [1.165, 1.54) is 19.3 Å². The summed E-state index contributed by atoms with van der Waals surface area (Å²) in [7, 11) is 0. The Balaban J connectivity index is 1.86. The monoisotopic (exact) mass is 225 g/mol. The van der Waals surface area contributed by atoms with E-state index in [1.54, 1.807) is 0 Å². The van der Waals surface area contributed by atoms with Crippen LogP contribution in [0.25, 0.3) is 0 Å². The van der Waals surface area contributed by atoms with E-state index in [9.17, 15) is 4.79 Å². The number of piperazine rings is 1. The minimum atomic E-state index is 0.0696. The van der Waals surface area contributed by atoms with Gasteiger partial charge in [0.15, 0.2) is 0 Å². The van der Waals surface area contributed by atoms with Crippen molar-refractivity contribution in [3.63, 3.8) is 0 Å². The Kier molecular flexibility index (Phi) is 4.18. The average molecular weight is 225 g/mol. The smallest absolute Gasteiger partial charge is 0.239 e. The van der Waals surface area contributed by atoms with Gasteiger partial charge in [0.2, 0.25) is 5.91 Å². The summed E-state index contributed by atoms with van der Waals surface area (Å²) in [5.41, 5.74) is 0. The molecule has 2 saturated heterocycles. The van der Waals surface area contributed by atoms with Crippen molar-refractivity contribution in [1.29, 1.82) is 0 Å². The van der Waals surface area contributed by atoms with Crippen LogP contribution in [0.4, 0.5) is 0 Å². The molecule has 2 rings (SSSR count). The first-order valence-electron chi connectivity index (χ1n) is 6.52. The van der Waals surface area contributed by atoms with Crippen molar-refractivity contribution in [2.45, 2.75) is 32.2 Å². The zero-order chi connectivity index (χ0) is 11.4. The highest BCUT2D eigenvalue weighted by Crippen LogP contribution is 2.12. The molecule has 2 fully saturated rings. The van der Waals surface area contributed by atoms with E-state index < -0.39 is 0 Å². The van der Waals surface area contributed by atoms with E-state index in [2.05, 4.69) is 22.0 Å². The summed E-state index contributed by atoms with van der Waals surface area (Å²) in [6.07, 6.45) is 3.64. The Morgan fingerprint density at radius 3 is 2.31 bits per heavy atom. The first-order valence-corrected chi connectivity index (χ1v) is 6.52. The van der Waals surface area contributed by atoms with Crippen LogP contribution in [0, 0.1) is 0 Å². The molecule has 16 heavy (non-hydrogen) atoms. The maximum absolute atomic E-state index is 12.3. The van der Waals surface area contributed by atoms with Gasteiger partial charge in [0.05, 0.1) is 6.04 Å². The fourth-order valence-corrected chi connectivity index (χ4v) is 2.60. The van der Waals surface area contributed by atoms with Gasteiger partial charge in [0, 0.05) is 39.3 Å². The number of carbonyl (C=O) groups excluding carboxylic acids is 1. The minimum Gasteiger partial charge on any atom is -0.341 e. The number of hydrogen-bond donors (Lipinski definition) is 1. The summed E-state index contributed by atoms with van der Waals surface area (Å²) in [5, 5.41) is 3.32. The quantitative estimate of drug-likeness (QED) is 0.734. The summed E-state index contributed by atoms with van der Waals surface area (Å²) in [6.45, 7) is 8.02. The molecule has 0 aromatic heterocycles. The molecule has 1 atom stereocenters. The van der Waals surface area contributed by atoms with Crippen LogP contribution in [0.1, 0.15) is 26.2 Å². The van der Waals surface area contributed by atoms with Gasteiger partial charge in [-0.2, -0.15) is 0 Å². The van der Waals surface area contributed by atoms with Gasteiger partial charge in [-0.1, -0.05) is 0 Å². The molecule has 4 heteroatoms. The van der Waals surface area contributed by atoms with Gasteiger partial charge >= 0.3 is 0 Å². The van der Waals surface area contributed by atoms with Crippen LogP contribution in [0.3, 0.4) is 0 Å². The number of likely N-dealkylation sites (tertiary alicyclic amines) is 1. The molecule has 2 aliphatic rings. The summed E-state index contributed by atoms with van der Waals surface area (Å²) in [5.74, 6) is 0.335. The van der Waals surface area contributed by atoms with Gasteiger partial charge in [-0.15, -0.1) is 0 Å². The molecule has 0 spiro atoms. The molecular formula is C12H23N3O. The first kappa shape index (κ1) is 11.9. The van der Waals surface area contributed by atoms with Gasteiger partial charge in [-0.3, -0.25) is 9.69 Å². The Morgan fingerprint density at radius 2 is 1.69 bits per heavy atom. The maximum atomic E-state index is 12.3. The van der Waals surface area contributed by atoms with E-state index in [0.29, 0.717) is 5.91 Å². The van der Waals surface area contributed by atoms with Crippen molar-refractivity contribution in [3.8, 4) is 0 Å². The molecule has 1 amide bonds. The Morgan fingerprint density at radius 1 is 1.06 bits per heavy atom. The van der Waals surface area contributed by atoms with Crippen LogP contribution in [-0.2, 0) is 4.79 Å². The van der Waals surface area contributed by atoms with Crippen LogP contribution in [0.2, 0.25) is 0 Å². The highest BCUT2D eigenvalue weighted by Gasteiger charge is 2.27. The molecule has 0 aromatic carbocycles. The molecule has 92 valence electrons. The largest absolute Gasteiger partial charge is 0.341 e. The van der Waals surface area contributed by atoms with E-state index in [0.717, 1.165) is 39.3 Å². The highest BCUT2D eigenvalue weighted by atomic mass is 16.2. The van der Waals surface area contributed by atoms with Gasteiger partial charge < -0.3 is 10.2 Å². The molecule has 0 aliphatic carbocycles. The summed E-state index contributed by atoms with van der Waals surface area (Å²) < 4.78 is 0. The lowest BCUT2D eigenvalue weighted by Crippen LogP contribution is -2.54. The van der Waals surface area contributed by atoms with Crippen molar-refractivity contribution in [2.75, 3.05) is 39.3 Å². The standard InChI is InChI=1S/C12H23N3O/c1-11(14-9-5-13-6-10-14)12(16)15-7-3-2-4-8-15/h11,13H,2-10H2,1H3. The van der Waals surface area contributed by atoms with Gasteiger partial charge in [-0.25, -0.2) is 0 Å². The number of amides is 1. The lowest BCUT2D eigenvalue weighted by atomic mass is 10.1. The SMILES string of the molecule is CC(C(=O)N1CCCCC1)N1CCNCC1. The maximum Gasteiger partial charge on any atom is 0.239 e. The zero-order valence-corrected chi connectivity index (χ0v) is 10.2. The summed E-state index contributed by atoms with van der Waals surface area (Å²) in [4.78, 5) is 16.6. The topological polar surface area (TPSA) is 35.6 Å². The number of carbonyl (C=O) groups is 1. The van der Waals surface area contributed by atoms with E-state index >= 15 is 0 Å². The van der Waals surface area contributed by atoms with E-state index in [-0.39, 0.29) is 6.04 Å². The molecule has 1 N–H and O–H groups in total. The molecular weight excluding hydrogens is 202 g/mol. The molecule has 0 saturated carbocycles. The Bertz CT molecular complexity index is 232. The number of piperidine rings is 1. The number of hydrogen-bond acceptors (Lipinski definition) is 3. The molecule has 0 bridgehead atoms. The molecule has 0 aromatic rings. The molecule has 1 unspecified atom stereocenters. The van der Waals surface area contributed by atoms with Crippen molar-refractivity contribution >= 4 is 5.91 Å². The third-order valence-electron chi connectivity index (χ3n) is 3.72. The fraction of sp³-hybridized carbons (Fsp3) is 0.917. The van der Waals surface area contributed by atoms with Crippen LogP contribution in [0.5, 0.6) is 0 Å². The number of nitrogens with zero attached hydrogens (tertiary/aromatic N) is 2. The van der Waals surface area contributed by atoms with Gasteiger partial charge in [-0.05, 0) is 26.2 Å². The molecule has 4 nitrogen and oxygen atoms in total. The van der Waals surface area contributed by atoms with Crippen molar-refractivity contribution in [3.05, 3.63) is 0 Å². The molecule has 2 heterocycles. The Hall–Kier alpha value is -0.610. The number of rotatable bonds is 2. The predicted molar refractivity (Wildman–Crippen MR) is 64.3 cm³/mol. The van der Waals surface area contributed by atoms with Gasteiger partial charge in [0.25, 0.3) is 0 Å². The van der Waals surface area contributed by atoms with Crippen LogP contribution in [-0.4, -0.2) is 61.0 Å². The second-order valence-electron chi connectivity index (χ2n) is 4.85. The highest BCUT2D eigenvalue weighted by molar-refractivity contribution is 5.81. The lowest BCUT2D eigenvalue weighted by molar-refractivity contribution is -0.137. The van der Waals surface area contributed by atoms with Crippen molar-refractivity contribution in [1.82, 2.24) is 15.1 Å². The lowest BCUT2D eigenvalue weighted by Gasteiger charge is -2.36. The fourth-order valence-electron chi connectivity index (χ4n) is 2.60. The minimum absolute atomic E-state index is 0.0696. The van der Waals surface area contributed by atoms with E-state index in [4.69, 9.17) is 0 Å². The number of nitrogens with one attached hydrogen (secondary N) is 1. The molecule has 0 radical (unpaired) electrons. The zero-order valence-electron chi connectivity index (χ0n) is 10.2. The third kappa shape index (κ3) is 2.74. The van der Waals surface area contributed by atoms with Crippen LogP contribution in [0.15, 0.2) is 0 Å². The third-order valence-corrected chi connectivity index (χ3v) is 3.72. The van der Waals surface area contributed by atoms with Gasteiger partial charge in [0.1, 0.15) is 0 Å². The van der Waals surface area contributed by atoms with Crippen LogP contribution < -0.4 is 5.32 Å². The summed E-state index contributed by atoms with van der Waals surface area (Å²) >= 11 is 0. The van der Waals surface area contributed by atoms with E-state index in [1.807, 2.05) is 0 Å². The Labute approximate surface area is 98.0 Å². The summed E-state index contributed by atoms with van der Waals surface area (Å²) in [6, 6.07) is 0.0696.